The quantitative estimate of drug-likeness (QED) is 0.510. The van der Waals surface area contributed by atoms with E-state index in [-0.39, 0.29) is 6.61 Å². The summed E-state index contributed by atoms with van der Waals surface area (Å²) in [6.45, 7) is 4.08. The monoisotopic (exact) mass is 264 g/mol. The van der Waals surface area contributed by atoms with Crippen LogP contribution in [-0.4, -0.2) is 11.7 Å². The maximum Gasteiger partial charge on any atom is 0.0644 e. The van der Waals surface area contributed by atoms with Gasteiger partial charge in [-0.1, -0.05) is 50.2 Å². The maximum atomic E-state index is 9.64. The SMILES string of the molecule is C=CCCCC1=C(CO)CCCCCCCCCC1. The van der Waals surface area contributed by atoms with E-state index in [9.17, 15) is 5.11 Å². The van der Waals surface area contributed by atoms with Gasteiger partial charge in [0.1, 0.15) is 0 Å². The van der Waals surface area contributed by atoms with Gasteiger partial charge in [0.25, 0.3) is 0 Å². The van der Waals surface area contributed by atoms with Gasteiger partial charge in [-0.05, 0) is 50.5 Å². The molecule has 0 unspecified atom stereocenters. The van der Waals surface area contributed by atoms with Crippen molar-refractivity contribution >= 4 is 0 Å². The van der Waals surface area contributed by atoms with E-state index in [1.165, 1.54) is 76.2 Å². The van der Waals surface area contributed by atoms with Gasteiger partial charge in [-0.25, -0.2) is 0 Å². The van der Waals surface area contributed by atoms with Crippen LogP contribution in [0, 0.1) is 0 Å². The molecule has 0 saturated heterocycles. The van der Waals surface area contributed by atoms with E-state index in [0.29, 0.717) is 0 Å². The van der Waals surface area contributed by atoms with Crippen molar-refractivity contribution in [3.63, 3.8) is 0 Å². The van der Waals surface area contributed by atoms with Crippen molar-refractivity contribution < 1.29 is 5.11 Å². The molecule has 0 fully saturated rings. The van der Waals surface area contributed by atoms with Gasteiger partial charge in [-0.3, -0.25) is 0 Å². The smallest absolute Gasteiger partial charge is 0.0644 e. The van der Waals surface area contributed by atoms with Crippen molar-refractivity contribution in [1.29, 1.82) is 0 Å². The molecule has 0 aromatic carbocycles. The van der Waals surface area contributed by atoms with Gasteiger partial charge in [0.15, 0.2) is 0 Å². The summed E-state index contributed by atoms with van der Waals surface area (Å²) in [6, 6.07) is 0. The van der Waals surface area contributed by atoms with Gasteiger partial charge in [0.05, 0.1) is 6.61 Å². The van der Waals surface area contributed by atoms with Crippen molar-refractivity contribution in [2.24, 2.45) is 0 Å². The summed E-state index contributed by atoms with van der Waals surface area (Å²) in [5, 5.41) is 9.64. The molecule has 1 N–H and O–H groups in total. The van der Waals surface area contributed by atoms with Gasteiger partial charge >= 0.3 is 0 Å². The molecule has 1 aliphatic rings. The van der Waals surface area contributed by atoms with E-state index < -0.39 is 0 Å². The van der Waals surface area contributed by atoms with Crippen molar-refractivity contribution in [2.75, 3.05) is 6.61 Å². The minimum absolute atomic E-state index is 0.281. The average molecular weight is 264 g/mol. The molecule has 110 valence electrons. The predicted octanol–water partition coefficient (Wildman–Crippen LogP) is 5.55. The molecule has 0 bridgehead atoms. The lowest BCUT2D eigenvalue weighted by Gasteiger charge is -2.15. The normalized spacial score (nSPS) is 19.6. The highest BCUT2D eigenvalue weighted by molar-refractivity contribution is 5.15. The van der Waals surface area contributed by atoms with Gasteiger partial charge < -0.3 is 5.11 Å². The van der Waals surface area contributed by atoms with E-state index in [0.717, 1.165) is 12.8 Å². The first kappa shape index (κ1) is 16.5. The molecule has 1 aliphatic carbocycles. The van der Waals surface area contributed by atoms with Gasteiger partial charge in [0.2, 0.25) is 0 Å². The molecule has 0 heterocycles. The van der Waals surface area contributed by atoms with Crippen LogP contribution in [0.3, 0.4) is 0 Å². The molecular formula is C18H32O. The lowest BCUT2D eigenvalue weighted by molar-refractivity contribution is 0.322. The number of allylic oxidation sites excluding steroid dienone is 2. The van der Waals surface area contributed by atoms with Crippen molar-refractivity contribution in [2.45, 2.75) is 83.5 Å². The minimum Gasteiger partial charge on any atom is -0.392 e. The van der Waals surface area contributed by atoms with Crippen molar-refractivity contribution in [3.05, 3.63) is 23.8 Å². The molecule has 0 radical (unpaired) electrons. The first-order valence-electron chi connectivity index (χ1n) is 8.30. The summed E-state index contributed by atoms with van der Waals surface area (Å²) in [5.74, 6) is 0. The van der Waals surface area contributed by atoms with Gasteiger partial charge in [0, 0.05) is 0 Å². The van der Waals surface area contributed by atoms with Crippen LogP contribution in [0.2, 0.25) is 0 Å². The van der Waals surface area contributed by atoms with Gasteiger partial charge in [-0.15, -0.1) is 6.58 Å². The number of unbranched alkanes of at least 4 members (excludes halogenated alkanes) is 1. The van der Waals surface area contributed by atoms with E-state index in [4.69, 9.17) is 0 Å². The largest absolute Gasteiger partial charge is 0.392 e. The van der Waals surface area contributed by atoms with Crippen molar-refractivity contribution in [3.8, 4) is 0 Å². The minimum atomic E-state index is 0.281. The molecule has 0 aliphatic heterocycles. The summed E-state index contributed by atoms with van der Waals surface area (Å²) < 4.78 is 0. The zero-order valence-corrected chi connectivity index (χ0v) is 12.6. The predicted molar refractivity (Wildman–Crippen MR) is 84.3 cm³/mol. The first-order valence-corrected chi connectivity index (χ1v) is 8.30. The Balaban J connectivity index is 2.57. The maximum absolute atomic E-state index is 9.64. The highest BCUT2D eigenvalue weighted by Crippen LogP contribution is 2.25. The Kier molecular flexibility index (Phi) is 9.79. The highest BCUT2D eigenvalue weighted by Gasteiger charge is 2.07. The van der Waals surface area contributed by atoms with Crippen LogP contribution in [0.25, 0.3) is 0 Å². The number of aliphatic hydroxyl groups is 1. The molecule has 1 nitrogen and oxygen atoms in total. The molecule has 0 spiro atoms. The molecular weight excluding hydrogens is 232 g/mol. The molecule has 0 amide bonds. The van der Waals surface area contributed by atoms with E-state index >= 15 is 0 Å². The number of rotatable bonds is 5. The Morgan fingerprint density at radius 1 is 0.842 bits per heavy atom. The third-order valence-electron chi connectivity index (χ3n) is 4.28. The van der Waals surface area contributed by atoms with Crippen LogP contribution in [0.5, 0.6) is 0 Å². The standard InChI is InChI=1S/C18H32O/c1-2-3-10-13-17-14-11-8-6-4-5-7-9-12-15-18(17)16-19/h2,19H,1,3-16H2. The summed E-state index contributed by atoms with van der Waals surface area (Å²) in [6.07, 6.45) is 18.7. The molecule has 1 rings (SSSR count). The zero-order chi connectivity index (χ0) is 13.8. The molecule has 0 aromatic heterocycles. The fourth-order valence-corrected chi connectivity index (χ4v) is 3.04. The third-order valence-corrected chi connectivity index (χ3v) is 4.28. The topological polar surface area (TPSA) is 20.2 Å². The Labute approximate surface area is 119 Å². The average Bonchev–Trinajstić information content (AvgIpc) is 2.41. The fourth-order valence-electron chi connectivity index (χ4n) is 3.04. The molecule has 0 aromatic rings. The van der Waals surface area contributed by atoms with Crippen LogP contribution in [0.4, 0.5) is 0 Å². The highest BCUT2D eigenvalue weighted by atomic mass is 16.3. The lowest BCUT2D eigenvalue weighted by atomic mass is 9.92. The van der Waals surface area contributed by atoms with Gasteiger partial charge in [-0.2, -0.15) is 0 Å². The fraction of sp³-hybridized carbons (Fsp3) is 0.778. The van der Waals surface area contributed by atoms with E-state index in [2.05, 4.69) is 6.58 Å². The summed E-state index contributed by atoms with van der Waals surface area (Å²) in [7, 11) is 0. The summed E-state index contributed by atoms with van der Waals surface area (Å²) in [5.41, 5.74) is 2.91. The van der Waals surface area contributed by atoms with E-state index in [1.54, 1.807) is 5.57 Å². The Morgan fingerprint density at radius 3 is 1.89 bits per heavy atom. The Bertz CT molecular complexity index is 265. The molecule has 0 saturated carbocycles. The zero-order valence-electron chi connectivity index (χ0n) is 12.6. The number of hydrogen-bond donors (Lipinski definition) is 1. The lowest BCUT2D eigenvalue weighted by Crippen LogP contribution is -2.00. The Morgan fingerprint density at radius 2 is 1.37 bits per heavy atom. The van der Waals surface area contributed by atoms with Crippen molar-refractivity contribution in [1.82, 2.24) is 0 Å². The van der Waals surface area contributed by atoms with Crippen LogP contribution < -0.4 is 0 Å². The third kappa shape index (κ3) is 7.57. The van der Waals surface area contributed by atoms with Crippen LogP contribution in [0.1, 0.15) is 83.5 Å². The second-order valence-corrected chi connectivity index (χ2v) is 5.87. The molecule has 0 atom stereocenters. The molecule has 19 heavy (non-hydrogen) atoms. The molecule has 1 heteroatoms. The van der Waals surface area contributed by atoms with Crippen LogP contribution in [-0.2, 0) is 0 Å². The number of aliphatic hydroxyl groups excluding tert-OH is 1. The second-order valence-electron chi connectivity index (χ2n) is 5.87. The van der Waals surface area contributed by atoms with Crippen LogP contribution in [0.15, 0.2) is 23.8 Å². The summed E-state index contributed by atoms with van der Waals surface area (Å²) in [4.78, 5) is 0. The van der Waals surface area contributed by atoms with E-state index in [1.807, 2.05) is 6.08 Å². The summed E-state index contributed by atoms with van der Waals surface area (Å²) >= 11 is 0. The number of hydrogen-bond acceptors (Lipinski definition) is 1. The first-order chi connectivity index (χ1) is 9.38. The second kappa shape index (κ2) is 11.3. The Hall–Kier alpha value is -0.560. The van der Waals surface area contributed by atoms with Crippen LogP contribution >= 0.6 is 0 Å².